The van der Waals surface area contributed by atoms with Gasteiger partial charge >= 0.3 is 0 Å². The molecule has 3 heterocycles. The minimum Gasteiger partial charge on any atom is -0.472 e. The summed E-state index contributed by atoms with van der Waals surface area (Å²) in [5.74, 6) is 0.163. The molecular weight excluding hydrogens is 318 g/mol. The molecule has 0 bridgehead atoms. The van der Waals surface area contributed by atoms with Crippen LogP contribution in [0.3, 0.4) is 0 Å². The van der Waals surface area contributed by atoms with Gasteiger partial charge in [0.2, 0.25) is 5.91 Å². The summed E-state index contributed by atoms with van der Waals surface area (Å²) in [6, 6.07) is 1.68. The van der Waals surface area contributed by atoms with Gasteiger partial charge in [-0.3, -0.25) is 9.59 Å². The highest BCUT2D eigenvalue weighted by atomic mass is 16.3. The average Bonchev–Trinajstić information content (AvgIpc) is 3.06. The lowest BCUT2D eigenvalue weighted by Crippen LogP contribution is -2.44. The first-order valence-electron chi connectivity index (χ1n) is 9.55. The van der Waals surface area contributed by atoms with Crippen molar-refractivity contribution in [3.8, 4) is 0 Å². The Labute approximate surface area is 149 Å². The lowest BCUT2D eigenvalue weighted by molar-refractivity contribution is -0.126. The maximum Gasteiger partial charge on any atom is 0.257 e. The van der Waals surface area contributed by atoms with Gasteiger partial charge < -0.3 is 19.5 Å². The Bertz CT molecular complexity index is 542. The van der Waals surface area contributed by atoms with E-state index in [-0.39, 0.29) is 17.7 Å². The molecule has 0 unspecified atom stereocenters. The Morgan fingerprint density at radius 1 is 1.08 bits per heavy atom. The molecule has 138 valence electrons. The molecule has 2 fully saturated rings. The van der Waals surface area contributed by atoms with Crippen LogP contribution in [-0.2, 0) is 4.79 Å². The smallest absolute Gasteiger partial charge is 0.257 e. The monoisotopic (exact) mass is 347 g/mol. The number of furan rings is 1. The molecule has 1 N–H and O–H groups in total. The van der Waals surface area contributed by atoms with E-state index in [0.29, 0.717) is 18.7 Å². The fourth-order valence-electron chi connectivity index (χ4n) is 3.75. The van der Waals surface area contributed by atoms with Gasteiger partial charge in [-0.05, 0) is 44.8 Å². The van der Waals surface area contributed by atoms with Crippen molar-refractivity contribution in [2.45, 2.75) is 38.5 Å². The van der Waals surface area contributed by atoms with E-state index in [0.717, 1.165) is 39.0 Å². The van der Waals surface area contributed by atoms with Gasteiger partial charge in [-0.15, -0.1) is 0 Å². The number of likely N-dealkylation sites (tertiary alicyclic amines) is 2. The van der Waals surface area contributed by atoms with E-state index in [9.17, 15) is 9.59 Å². The molecule has 1 aromatic heterocycles. The zero-order valence-electron chi connectivity index (χ0n) is 14.9. The second kappa shape index (κ2) is 9.04. The summed E-state index contributed by atoms with van der Waals surface area (Å²) in [6.07, 6.45) is 9.67. The summed E-state index contributed by atoms with van der Waals surface area (Å²) < 4.78 is 4.97. The molecule has 25 heavy (non-hydrogen) atoms. The standard InChI is InChI=1S/C19H29N3O3/c23-18(20-8-13-21-9-3-1-2-4-10-21)16-5-11-22(12-6-16)19(24)17-7-14-25-15-17/h7,14-16H,1-6,8-13H2,(H,20,23). The third kappa shape index (κ3) is 5.08. The summed E-state index contributed by atoms with van der Waals surface area (Å²) in [5, 5.41) is 3.09. The minimum absolute atomic E-state index is 0.00577. The summed E-state index contributed by atoms with van der Waals surface area (Å²) in [7, 11) is 0. The average molecular weight is 347 g/mol. The maximum atomic E-state index is 12.4. The first kappa shape index (κ1) is 18.0. The Morgan fingerprint density at radius 3 is 2.44 bits per heavy atom. The second-order valence-corrected chi connectivity index (χ2v) is 7.13. The number of hydrogen-bond acceptors (Lipinski definition) is 4. The number of amides is 2. The molecule has 3 rings (SSSR count). The van der Waals surface area contributed by atoms with E-state index in [2.05, 4.69) is 10.2 Å². The van der Waals surface area contributed by atoms with Crippen molar-refractivity contribution >= 4 is 11.8 Å². The molecule has 2 aliphatic heterocycles. The highest BCUT2D eigenvalue weighted by Crippen LogP contribution is 2.19. The van der Waals surface area contributed by atoms with E-state index in [1.54, 1.807) is 6.07 Å². The highest BCUT2D eigenvalue weighted by Gasteiger charge is 2.28. The molecule has 0 spiro atoms. The Hall–Kier alpha value is -1.82. The van der Waals surface area contributed by atoms with Crippen molar-refractivity contribution in [1.29, 1.82) is 0 Å². The maximum absolute atomic E-state index is 12.4. The SMILES string of the molecule is O=C(NCCN1CCCCCC1)C1CCN(C(=O)c2ccoc2)CC1. The summed E-state index contributed by atoms with van der Waals surface area (Å²) in [6.45, 7) is 5.26. The molecule has 1 aromatic rings. The van der Waals surface area contributed by atoms with Crippen LogP contribution in [0.1, 0.15) is 48.9 Å². The zero-order chi connectivity index (χ0) is 17.5. The van der Waals surface area contributed by atoms with E-state index in [4.69, 9.17) is 4.42 Å². The third-order valence-electron chi connectivity index (χ3n) is 5.35. The number of carbonyl (C=O) groups excluding carboxylic acids is 2. The molecular formula is C19H29N3O3. The predicted molar refractivity (Wildman–Crippen MR) is 95.3 cm³/mol. The van der Waals surface area contributed by atoms with Crippen LogP contribution in [0.2, 0.25) is 0 Å². The first-order chi connectivity index (χ1) is 12.2. The van der Waals surface area contributed by atoms with Crippen LogP contribution in [0.25, 0.3) is 0 Å². The van der Waals surface area contributed by atoms with E-state index in [1.165, 1.54) is 38.2 Å². The molecule has 0 radical (unpaired) electrons. The van der Waals surface area contributed by atoms with Gasteiger partial charge in [0, 0.05) is 32.1 Å². The molecule has 0 saturated carbocycles. The number of hydrogen-bond donors (Lipinski definition) is 1. The molecule has 2 amide bonds. The summed E-state index contributed by atoms with van der Waals surface area (Å²) in [4.78, 5) is 28.9. The van der Waals surface area contributed by atoms with Gasteiger partial charge in [-0.2, -0.15) is 0 Å². The van der Waals surface area contributed by atoms with Crippen LogP contribution >= 0.6 is 0 Å². The number of nitrogens with one attached hydrogen (secondary N) is 1. The van der Waals surface area contributed by atoms with Gasteiger partial charge in [0.1, 0.15) is 6.26 Å². The van der Waals surface area contributed by atoms with Gasteiger partial charge in [0.25, 0.3) is 5.91 Å². The topological polar surface area (TPSA) is 65.8 Å². The molecule has 2 aliphatic rings. The highest BCUT2D eigenvalue weighted by molar-refractivity contribution is 5.94. The van der Waals surface area contributed by atoms with Crippen molar-refractivity contribution in [2.24, 2.45) is 5.92 Å². The largest absolute Gasteiger partial charge is 0.472 e. The molecule has 0 atom stereocenters. The second-order valence-electron chi connectivity index (χ2n) is 7.13. The quantitative estimate of drug-likeness (QED) is 0.886. The van der Waals surface area contributed by atoms with Crippen molar-refractivity contribution < 1.29 is 14.0 Å². The Kier molecular flexibility index (Phi) is 6.50. The van der Waals surface area contributed by atoms with Gasteiger partial charge in [0.15, 0.2) is 0 Å². The normalized spacial score (nSPS) is 20.2. The van der Waals surface area contributed by atoms with Crippen LogP contribution < -0.4 is 5.32 Å². The zero-order valence-corrected chi connectivity index (χ0v) is 14.9. The van der Waals surface area contributed by atoms with Crippen LogP contribution in [0.15, 0.2) is 23.0 Å². The summed E-state index contributed by atoms with van der Waals surface area (Å²) in [5.41, 5.74) is 0.584. The van der Waals surface area contributed by atoms with Crippen LogP contribution in [0.4, 0.5) is 0 Å². The van der Waals surface area contributed by atoms with Gasteiger partial charge in [-0.25, -0.2) is 0 Å². The Balaban J connectivity index is 1.36. The lowest BCUT2D eigenvalue weighted by Gasteiger charge is -2.31. The van der Waals surface area contributed by atoms with Crippen molar-refractivity contribution in [2.75, 3.05) is 39.3 Å². The number of nitrogens with zero attached hydrogens (tertiary/aromatic N) is 2. The lowest BCUT2D eigenvalue weighted by atomic mass is 9.95. The van der Waals surface area contributed by atoms with Gasteiger partial charge in [-0.1, -0.05) is 12.8 Å². The third-order valence-corrected chi connectivity index (χ3v) is 5.35. The molecule has 0 aromatic carbocycles. The minimum atomic E-state index is -0.00577. The fraction of sp³-hybridized carbons (Fsp3) is 0.684. The number of carbonyl (C=O) groups is 2. The summed E-state index contributed by atoms with van der Waals surface area (Å²) >= 11 is 0. The first-order valence-corrected chi connectivity index (χ1v) is 9.55. The van der Waals surface area contributed by atoms with Crippen LogP contribution in [0, 0.1) is 5.92 Å². The van der Waals surface area contributed by atoms with E-state index >= 15 is 0 Å². The number of piperidine rings is 1. The van der Waals surface area contributed by atoms with E-state index in [1.807, 2.05) is 4.90 Å². The van der Waals surface area contributed by atoms with Crippen LogP contribution in [0.5, 0.6) is 0 Å². The van der Waals surface area contributed by atoms with E-state index < -0.39 is 0 Å². The van der Waals surface area contributed by atoms with Crippen molar-refractivity contribution in [1.82, 2.24) is 15.1 Å². The molecule has 0 aliphatic carbocycles. The van der Waals surface area contributed by atoms with Crippen LogP contribution in [-0.4, -0.2) is 60.9 Å². The predicted octanol–water partition coefficient (Wildman–Crippen LogP) is 2.12. The van der Waals surface area contributed by atoms with Crippen molar-refractivity contribution in [3.63, 3.8) is 0 Å². The van der Waals surface area contributed by atoms with Gasteiger partial charge in [0.05, 0.1) is 11.8 Å². The molecule has 6 nitrogen and oxygen atoms in total. The number of rotatable bonds is 5. The van der Waals surface area contributed by atoms with Crippen molar-refractivity contribution in [3.05, 3.63) is 24.2 Å². The molecule has 6 heteroatoms. The Morgan fingerprint density at radius 2 is 1.80 bits per heavy atom. The molecule has 2 saturated heterocycles. The fourth-order valence-corrected chi connectivity index (χ4v) is 3.75.